The number of rotatable bonds is 5. The number of aromatic nitrogens is 2. The Hall–Kier alpha value is -3.40. The highest BCUT2D eigenvalue weighted by Gasteiger charge is 2.17. The summed E-state index contributed by atoms with van der Waals surface area (Å²) >= 11 is 5.95. The molecule has 1 aromatic heterocycles. The van der Waals surface area contributed by atoms with E-state index in [1.54, 1.807) is 0 Å². The Bertz CT molecular complexity index is 839. The lowest BCUT2D eigenvalue weighted by Crippen LogP contribution is -2.26. The molecule has 0 atom stereocenters. The molecule has 0 unspecified atom stereocenters. The lowest BCUT2D eigenvalue weighted by molar-refractivity contribution is 0.0998. The standard InChI is InChI=1S/C15H16ClN7O3/c16-11-9(21-12(17)10(22-11)13(24)23-14(18)19)6-20-15(25)26-7-8-4-2-1-3-5-8/h1-5H,6-7H2,(H2,17,21)(H,20,25)(H4,18,19,23,24). The van der Waals surface area contributed by atoms with Crippen molar-refractivity contribution < 1.29 is 14.3 Å². The number of hydrogen-bond acceptors (Lipinski definition) is 6. The van der Waals surface area contributed by atoms with Gasteiger partial charge in [0.2, 0.25) is 0 Å². The third kappa shape index (κ3) is 5.31. The normalized spacial score (nSPS) is 10.0. The molecule has 0 saturated heterocycles. The molecule has 2 rings (SSSR count). The minimum Gasteiger partial charge on any atom is -0.445 e. The van der Waals surface area contributed by atoms with Crippen LogP contribution in [0.5, 0.6) is 0 Å². The van der Waals surface area contributed by atoms with E-state index in [1.807, 2.05) is 30.3 Å². The van der Waals surface area contributed by atoms with Gasteiger partial charge in [-0.25, -0.2) is 14.8 Å². The number of carbonyl (C=O) groups is 2. The molecule has 0 aliphatic rings. The van der Waals surface area contributed by atoms with Crippen LogP contribution in [0.2, 0.25) is 5.15 Å². The van der Waals surface area contributed by atoms with Crippen LogP contribution in [0.15, 0.2) is 35.3 Å². The van der Waals surface area contributed by atoms with E-state index in [-0.39, 0.29) is 35.5 Å². The van der Waals surface area contributed by atoms with Crippen molar-refractivity contribution in [1.29, 1.82) is 0 Å². The maximum Gasteiger partial charge on any atom is 0.407 e. The Balaban J connectivity index is 1.97. The number of guanidine groups is 1. The van der Waals surface area contributed by atoms with Crippen molar-refractivity contribution in [3.05, 3.63) is 52.4 Å². The Labute approximate surface area is 153 Å². The van der Waals surface area contributed by atoms with Gasteiger partial charge in [0.1, 0.15) is 6.61 Å². The van der Waals surface area contributed by atoms with Gasteiger partial charge in [0.05, 0.1) is 12.2 Å². The van der Waals surface area contributed by atoms with Crippen molar-refractivity contribution in [1.82, 2.24) is 15.3 Å². The third-order valence-corrected chi connectivity index (χ3v) is 3.29. The van der Waals surface area contributed by atoms with Crippen LogP contribution in [0, 0.1) is 0 Å². The predicted molar refractivity (Wildman–Crippen MR) is 95.1 cm³/mol. The van der Waals surface area contributed by atoms with Gasteiger partial charge < -0.3 is 27.3 Å². The molecule has 0 bridgehead atoms. The van der Waals surface area contributed by atoms with Crippen LogP contribution in [0.25, 0.3) is 0 Å². The number of amides is 2. The van der Waals surface area contributed by atoms with Crippen LogP contribution in [0.3, 0.4) is 0 Å². The fourth-order valence-corrected chi connectivity index (χ4v) is 2.03. The number of carbonyl (C=O) groups excluding carboxylic acids is 2. The van der Waals surface area contributed by atoms with E-state index in [0.29, 0.717) is 0 Å². The number of nitrogen functional groups attached to an aromatic ring is 1. The van der Waals surface area contributed by atoms with Crippen LogP contribution in [-0.4, -0.2) is 27.9 Å². The molecule has 0 spiro atoms. The van der Waals surface area contributed by atoms with Crippen molar-refractivity contribution >= 4 is 35.4 Å². The molecule has 26 heavy (non-hydrogen) atoms. The second-order valence-corrected chi connectivity index (χ2v) is 5.31. The van der Waals surface area contributed by atoms with E-state index in [2.05, 4.69) is 20.3 Å². The first-order valence-corrected chi connectivity index (χ1v) is 7.65. The summed E-state index contributed by atoms with van der Waals surface area (Å²) < 4.78 is 5.05. The number of ether oxygens (including phenoxy) is 1. The van der Waals surface area contributed by atoms with Gasteiger partial charge in [-0.2, -0.15) is 4.99 Å². The molecule has 2 aromatic rings. The summed E-state index contributed by atoms with van der Waals surface area (Å²) in [7, 11) is 0. The molecular weight excluding hydrogens is 362 g/mol. The van der Waals surface area contributed by atoms with Gasteiger partial charge in [0.15, 0.2) is 22.6 Å². The van der Waals surface area contributed by atoms with Crippen LogP contribution < -0.4 is 22.5 Å². The molecule has 0 aliphatic carbocycles. The Morgan fingerprint density at radius 1 is 1.19 bits per heavy atom. The lowest BCUT2D eigenvalue weighted by atomic mass is 10.2. The molecule has 11 heteroatoms. The first kappa shape index (κ1) is 18.9. The van der Waals surface area contributed by atoms with Gasteiger partial charge in [-0.1, -0.05) is 41.9 Å². The molecule has 10 nitrogen and oxygen atoms in total. The molecule has 0 fully saturated rings. The Morgan fingerprint density at radius 2 is 1.88 bits per heavy atom. The van der Waals surface area contributed by atoms with E-state index in [4.69, 9.17) is 33.5 Å². The van der Waals surface area contributed by atoms with E-state index in [1.165, 1.54) is 0 Å². The molecule has 0 aliphatic heterocycles. The Kier molecular flexibility index (Phi) is 6.28. The predicted octanol–water partition coefficient (Wildman–Crippen LogP) is 0.552. The van der Waals surface area contributed by atoms with Crippen molar-refractivity contribution in [2.24, 2.45) is 16.5 Å². The topological polar surface area (TPSA) is 172 Å². The zero-order chi connectivity index (χ0) is 19.1. The SMILES string of the molecule is NC(N)=NC(=O)c1nc(Cl)c(CNC(=O)OCc2ccccc2)nc1N. The lowest BCUT2D eigenvalue weighted by Gasteiger charge is -2.09. The first-order chi connectivity index (χ1) is 12.4. The van der Waals surface area contributed by atoms with Crippen LogP contribution in [0.1, 0.15) is 21.7 Å². The van der Waals surface area contributed by atoms with E-state index < -0.39 is 18.0 Å². The number of aliphatic imine (C=N–C) groups is 1. The van der Waals surface area contributed by atoms with E-state index in [0.717, 1.165) is 5.56 Å². The number of benzene rings is 1. The zero-order valence-electron chi connectivity index (χ0n) is 13.5. The summed E-state index contributed by atoms with van der Waals surface area (Å²) in [5, 5.41) is 2.33. The first-order valence-electron chi connectivity index (χ1n) is 7.27. The molecule has 0 radical (unpaired) electrons. The molecule has 7 N–H and O–H groups in total. The largest absolute Gasteiger partial charge is 0.445 e. The van der Waals surface area contributed by atoms with Crippen molar-refractivity contribution in [3.8, 4) is 0 Å². The molecule has 1 heterocycles. The monoisotopic (exact) mass is 377 g/mol. The number of nitrogens with one attached hydrogen (secondary N) is 1. The van der Waals surface area contributed by atoms with E-state index >= 15 is 0 Å². The average Bonchev–Trinajstić information content (AvgIpc) is 2.60. The zero-order valence-corrected chi connectivity index (χ0v) is 14.2. The van der Waals surface area contributed by atoms with Gasteiger partial charge in [0.25, 0.3) is 0 Å². The maximum absolute atomic E-state index is 11.7. The molecular formula is C15H16ClN7O3. The van der Waals surface area contributed by atoms with Crippen molar-refractivity contribution in [2.45, 2.75) is 13.2 Å². The highest BCUT2D eigenvalue weighted by atomic mass is 35.5. The summed E-state index contributed by atoms with van der Waals surface area (Å²) in [5.74, 6) is -1.54. The third-order valence-electron chi connectivity index (χ3n) is 2.99. The summed E-state index contributed by atoms with van der Waals surface area (Å²) in [6.45, 7) is 0.0145. The van der Waals surface area contributed by atoms with Crippen molar-refractivity contribution in [3.63, 3.8) is 0 Å². The van der Waals surface area contributed by atoms with Gasteiger partial charge in [-0.3, -0.25) is 4.79 Å². The van der Waals surface area contributed by atoms with Crippen molar-refractivity contribution in [2.75, 3.05) is 5.73 Å². The second-order valence-electron chi connectivity index (χ2n) is 4.95. The number of anilines is 1. The van der Waals surface area contributed by atoms with Gasteiger partial charge in [-0.15, -0.1) is 0 Å². The maximum atomic E-state index is 11.7. The minimum absolute atomic E-state index is 0.0968. The molecule has 136 valence electrons. The van der Waals surface area contributed by atoms with Gasteiger partial charge >= 0.3 is 12.0 Å². The fourth-order valence-electron chi connectivity index (χ4n) is 1.83. The number of alkyl carbamates (subject to hydrolysis) is 1. The summed E-state index contributed by atoms with van der Waals surface area (Å²) in [4.78, 5) is 34.5. The number of nitrogens with two attached hydrogens (primary N) is 3. The molecule has 1 aromatic carbocycles. The van der Waals surface area contributed by atoms with Gasteiger partial charge in [-0.05, 0) is 5.56 Å². The quantitative estimate of drug-likeness (QED) is 0.432. The highest BCUT2D eigenvalue weighted by Crippen LogP contribution is 2.16. The highest BCUT2D eigenvalue weighted by molar-refractivity contribution is 6.30. The van der Waals surface area contributed by atoms with Gasteiger partial charge in [0, 0.05) is 0 Å². The van der Waals surface area contributed by atoms with E-state index in [9.17, 15) is 9.59 Å². The Morgan fingerprint density at radius 3 is 2.54 bits per heavy atom. The number of nitrogens with zero attached hydrogens (tertiary/aromatic N) is 3. The van der Waals surface area contributed by atoms with Crippen LogP contribution in [-0.2, 0) is 17.9 Å². The number of halogens is 1. The smallest absolute Gasteiger partial charge is 0.407 e. The molecule has 0 saturated carbocycles. The number of hydrogen-bond donors (Lipinski definition) is 4. The summed E-state index contributed by atoms with van der Waals surface area (Å²) in [5.41, 5.74) is 16.6. The summed E-state index contributed by atoms with van der Waals surface area (Å²) in [6.07, 6.45) is -0.675. The average molecular weight is 378 g/mol. The second kappa shape index (κ2) is 8.62. The fraction of sp³-hybridized carbons (Fsp3) is 0.133. The summed E-state index contributed by atoms with van der Waals surface area (Å²) in [6, 6.07) is 9.17. The van der Waals surface area contributed by atoms with Crippen LogP contribution in [0.4, 0.5) is 10.6 Å². The minimum atomic E-state index is -0.876. The van der Waals surface area contributed by atoms with Crippen LogP contribution >= 0.6 is 11.6 Å². The molecule has 2 amide bonds.